The van der Waals surface area contributed by atoms with Crippen LogP contribution < -0.4 is 20.5 Å². The molecule has 0 saturated heterocycles. The summed E-state index contributed by atoms with van der Waals surface area (Å²) in [4.78, 5) is 4.47. The van der Waals surface area contributed by atoms with E-state index >= 15 is 0 Å². The van der Waals surface area contributed by atoms with Crippen LogP contribution in [0.5, 0.6) is 11.5 Å². The number of para-hydroxylation sites is 1. The highest BCUT2D eigenvalue weighted by molar-refractivity contribution is 14.0. The first-order valence-electron chi connectivity index (χ1n) is 8.93. The number of nitrogens with one attached hydrogen (secondary N) is 1. The molecule has 1 aromatic heterocycles. The Bertz CT molecular complexity index is 986. The van der Waals surface area contributed by atoms with Crippen molar-refractivity contribution in [3.05, 3.63) is 65.5 Å². The number of aliphatic imine (C=N–C) groups is 1. The van der Waals surface area contributed by atoms with E-state index in [9.17, 15) is 0 Å². The molecule has 0 amide bonds. The van der Waals surface area contributed by atoms with Crippen molar-refractivity contribution in [2.75, 3.05) is 19.5 Å². The maximum Gasteiger partial charge on any atom is 0.193 e. The van der Waals surface area contributed by atoms with Crippen molar-refractivity contribution < 1.29 is 9.47 Å². The zero-order valence-electron chi connectivity index (χ0n) is 17.0. The SMILES string of the molecule is COc1ccc(NC(N)=NCc2c(C)nn(-c3ccccc3)c2C)cc1OC.I. The number of benzene rings is 2. The lowest BCUT2D eigenvalue weighted by Crippen LogP contribution is -2.22. The maximum atomic E-state index is 6.07. The van der Waals surface area contributed by atoms with E-state index in [4.69, 9.17) is 15.2 Å². The van der Waals surface area contributed by atoms with Gasteiger partial charge in [-0.2, -0.15) is 5.10 Å². The van der Waals surface area contributed by atoms with Gasteiger partial charge in [-0.1, -0.05) is 18.2 Å². The van der Waals surface area contributed by atoms with Crippen LogP contribution in [0.2, 0.25) is 0 Å². The molecule has 0 aliphatic rings. The van der Waals surface area contributed by atoms with Crippen LogP contribution in [-0.4, -0.2) is 30.0 Å². The second-order valence-corrected chi connectivity index (χ2v) is 6.29. The molecule has 0 fully saturated rings. The number of nitrogens with two attached hydrogens (primary N) is 1. The molecule has 29 heavy (non-hydrogen) atoms. The first-order valence-corrected chi connectivity index (χ1v) is 8.93. The lowest BCUT2D eigenvalue weighted by Gasteiger charge is -2.11. The number of guanidine groups is 1. The summed E-state index contributed by atoms with van der Waals surface area (Å²) < 4.78 is 12.5. The summed E-state index contributed by atoms with van der Waals surface area (Å²) in [5.74, 6) is 1.60. The fraction of sp³-hybridized carbons (Fsp3) is 0.238. The van der Waals surface area contributed by atoms with E-state index < -0.39 is 0 Å². The number of ether oxygens (including phenoxy) is 2. The molecule has 0 unspecified atom stereocenters. The largest absolute Gasteiger partial charge is 0.493 e. The standard InChI is InChI=1S/C21H25N5O2.HI/c1-14-18(15(2)26(25-14)17-8-6-5-7-9-17)13-23-21(22)24-16-10-11-19(27-3)20(12-16)28-4;/h5-12H,13H2,1-4H3,(H3,22,23,24);1H. The zero-order valence-corrected chi connectivity index (χ0v) is 19.3. The number of halogens is 1. The molecule has 3 N–H and O–H groups in total. The summed E-state index contributed by atoms with van der Waals surface area (Å²) in [5, 5.41) is 7.72. The molecule has 154 valence electrons. The molecule has 0 saturated carbocycles. The zero-order chi connectivity index (χ0) is 20.1. The van der Waals surface area contributed by atoms with Gasteiger partial charge in [-0.05, 0) is 38.1 Å². The van der Waals surface area contributed by atoms with Gasteiger partial charge in [0.05, 0.1) is 32.1 Å². The van der Waals surface area contributed by atoms with Gasteiger partial charge in [0.2, 0.25) is 0 Å². The summed E-state index contributed by atoms with van der Waals surface area (Å²) in [6.07, 6.45) is 0. The van der Waals surface area contributed by atoms with E-state index in [-0.39, 0.29) is 24.0 Å². The molecule has 3 aromatic rings. The van der Waals surface area contributed by atoms with Crippen LogP contribution in [0.25, 0.3) is 5.69 Å². The van der Waals surface area contributed by atoms with E-state index in [1.807, 2.05) is 67.1 Å². The van der Waals surface area contributed by atoms with Crippen LogP contribution >= 0.6 is 24.0 Å². The molecule has 3 rings (SSSR count). The third-order valence-corrected chi connectivity index (χ3v) is 4.51. The van der Waals surface area contributed by atoms with Gasteiger partial charge in [-0.15, -0.1) is 24.0 Å². The van der Waals surface area contributed by atoms with E-state index in [2.05, 4.69) is 15.4 Å². The Labute approximate surface area is 187 Å². The Balaban J connectivity index is 0.00000300. The van der Waals surface area contributed by atoms with E-state index in [1.165, 1.54) is 0 Å². The Kier molecular flexibility index (Phi) is 7.89. The van der Waals surface area contributed by atoms with Gasteiger partial charge in [-0.3, -0.25) is 0 Å². The van der Waals surface area contributed by atoms with Crippen LogP contribution in [0, 0.1) is 13.8 Å². The Hall–Kier alpha value is -2.75. The number of hydrogen-bond donors (Lipinski definition) is 2. The smallest absolute Gasteiger partial charge is 0.193 e. The number of anilines is 1. The Morgan fingerprint density at radius 2 is 1.76 bits per heavy atom. The van der Waals surface area contributed by atoms with Crippen molar-refractivity contribution in [2.24, 2.45) is 10.7 Å². The third kappa shape index (κ3) is 5.20. The van der Waals surface area contributed by atoms with Gasteiger partial charge < -0.3 is 20.5 Å². The predicted molar refractivity (Wildman–Crippen MR) is 127 cm³/mol. The van der Waals surface area contributed by atoms with Gasteiger partial charge in [0.15, 0.2) is 17.5 Å². The molecule has 0 radical (unpaired) electrons. The minimum absolute atomic E-state index is 0. The first-order chi connectivity index (χ1) is 13.5. The molecule has 0 atom stereocenters. The summed E-state index contributed by atoms with van der Waals surface area (Å²) >= 11 is 0. The lowest BCUT2D eigenvalue weighted by atomic mass is 10.2. The lowest BCUT2D eigenvalue weighted by molar-refractivity contribution is 0.355. The molecule has 0 aliphatic heterocycles. The normalized spacial score (nSPS) is 11.0. The van der Waals surface area contributed by atoms with Gasteiger partial charge in [0.1, 0.15) is 0 Å². The molecule has 0 spiro atoms. The Morgan fingerprint density at radius 1 is 1.07 bits per heavy atom. The highest BCUT2D eigenvalue weighted by Crippen LogP contribution is 2.29. The van der Waals surface area contributed by atoms with Crippen LogP contribution in [0.3, 0.4) is 0 Å². The van der Waals surface area contributed by atoms with Crippen molar-refractivity contribution in [1.82, 2.24) is 9.78 Å². The molecular weight excluding hydrogens is 481 g/mol. The maximum absolute atomic E-state index is 6.07. The quantitative estimate of drug-likeness (QED) is 0.299. The van der Waals surface area contributed by atoms with Crippen LogP contribution in [-0.2, 0) is 6.54 Å². The molecule has 0 bridgehead atoms. The van der Waals surface area contributed by atoms with Gasteiger partial charge in [0.25, 0.3) is 0 Å². The number of nitrogens with zero attached hydrogens (tertiary/aromatic N) is 3. The van der Waals surface area contributed by atoms with Crippen molar-refractivity contribution in [3.8, 4) is 17.2 Å². The highest BCUT2D eigenvalue weighted by Gasteiger charge is 2.12. The number of methoxy groups -OCH3 is 2. The fourth-order valence-electron chi connectivity index (χ4n) is 2.99. The minimum Gasteiger partial charge on any atom is -0.493 e. The summed E-state index contributed by atoms with van der Waals surface area (Å²) in [6.45, 7) is 4.46. The van der Waals surface area contributed by atoms with Gasteiger partial charge in [-0.25, -0.2) is 9.67 Å². The molecule has 7 nitrogen and oxygen atoms in total. The van der Waals surface area contributed by atoms with Crippen molar-refractivity contribution in [2.45, 2.75) is 20.4 Å². The summed E-state index contributed by atoms with van der Waals surface area (Å²) in [6, 6.07) is 15.5. The minimum atomic E-state index is 0. The summed E-state index contributed by atoms with van der Waals surface area (Å²) in [7, 11) is 3.19. The number of rotatable bonds is 6. The van der Waals surface area contributed by atoms with Crippen LogP contribution in [0.4, 0.5) is 5.69 Å². The van der Waals surface area contributed by atoms with Crippen molar-refractivity contribution in [3.63, 3.8) is 0 Å². The highest BCUT2D eigenvalue weighted by atomic mass is 127. The van der Waals surface area contributed by atoms with Gasteiger partial charge >= 0.3 is 0 Å². The molecule has 0 aliphatic carbocycles. The predicted octanol–water partition coefficient (Wildman–Crippen LogP) is 4.05. The van der Waals surface area contributed by atoms with Crippen LogP contribution in [0.1, 0.15) is 17.0 Å². The van der Waals surface area contributed by atoms with E-state index in [0.29, 0.717) is 24.0 Å². The molecule has 8 heteroatoms. The second kappa shape index (κ2) is 10.1. The van der Waals surface area contributed by atoms with E-state index in [1.54, 1.807) is 14.2 Å². The van der Waals surface area contributed by atoms with Crippen molar-refractivity contribution in [1.29, 1.82) is 0 Å². The average molecular weight is 507 g/mol. The monoisotopic (exact) mass is 507 g/mol. The average Bonchev–Trinajstić information content (AvgIpc) is 3.00. The number of aromatic nitrogens is 2. The molecular formula is C21H26IN5O2. The number of aryl methyl sites for hydroxylation is 1. The Morgan fingerprint density at radius 3 is 2.41 bits per heavy atom. The van der Waals surface area contributed by atoms with Crippen molar-refractivity contribution >= 4 is 35.6 Å². The fourth-order valence-corrected chi connectivity index (χ4v) is 2.99. The van der Waals surface area contributed by atoms with Gasteiger partial charge in [0, 0.05) is 23.0 Å². The topological polar surface area (TPSA) is 86.7 Å². The third-order valence-electron chi connectivity index (χ3n) is 4.51. The number of hydrogen-bond acceptors (Lipinski definition) is 4. The summed E-state index contributed by atoms with van der Waals surface area (Å²) in [5.41, 5.74) is 10.9. The van der Waals surface area contributed by atoms with Crippen LogP contribution in [0.15, 0.2) is 53.5 Å². The second-order valence-electron chi connectivity index (χ2n) is 6.29. The first kappa shape index (κ1) is 22.5. The molecule has 1 heterocycles. The molecule has 2 aromatic carbocycles. The van der Waals surface area contributed by atoms with E-state index in [0.717, 1.165) is 28.3 Å².